The van der Waals surface area contributed by atoms with Gasteiger partial charge in [-0.25, -0.2) is 0 Å². The molecule has 1 aliphatic rings. The Bertz CT molecular complexity index is 390. The summed E-state index contributed by atoms with van der Waals surface area (Å²) in [4.78, 5) is 4.41. The fourth-order valence-electron chi connectivity index (χ4n) is 1.35. The van der Waals surface area contributed by atoms with Crippen molar-refractivity contribution in [3.05, 3.63) is 40.9 Å². The highest BCUT2D eigenvalue weighted by molar-refractivity contribution is 5.58. The first-order valence-corrected chi connectivity index (χ1v) is 3.77. The topological polar surface area (TPSA) is 12.4 Å². The molecule has 11 heavy (non-hydrogen) atoms. The number of benzene rings is 1. The van der Waals surface area contributed by atoms with Crippen molar-refractivity contribution in [1.29, 1.82) is 0 Å². The van der Waals surface area contributed by atoms with Crippen molar-refractivity contribution < 1.29 is 0 Å². The zero-order valence-electron chi connectivity index (χ0n) is 6.76. The van der Waals surface area contributed by atoms with Gasteiger partial charge in [0, 0.05) is 5.22 Å². The summed E-state index contributed by atoms with van der Waals surface area (Å²) in [6.07, 6.45) is 0. The van der Waals surface area contributed by atoms with E-state index in [1.54, 1.807) is 0 Å². The second kappa shape index (κ2) is 2.19. The lowest BCUT2D eigenvalue weighted by atomic mass is 10.1. The molecule has 1 heterocycles. The Labute approximate surface area is 66.1 Å². The van der Waals surface area contributed by atoms with Gasteiger partial charge >= 0.3 is 0 Å². The molecular formula is C10H10N. The molecule has 0 saturated heterocycles. The Morgan fingerprint density at radius 3 is 2.55 bits per heavy atom. The first kappa shape index (κ1) is 6.59. The van der Waals surface area contributed by atoms with Gasteiger partial charge < -0.3 is 0 Å². The van der Waals surface area contributed by atoms with Gasteiger partial charge in [0.05, 0.1) is 5.36 Å². The number of rotatable bonds is 0. The van der Waals surface area contributed by atoms with Gasteiger partial charge in [0.1, 0.15) is 6.04 Å². The lowest BCUT2D eigenvalue weighted by molar-refractivity contribution is 1.12. The van der Waals surface area contributed by atoms with E-state index in [1.165, 1.54) is 10.8 Å². The number of hydrogen-bond donors (Lipinski definition) is 0. The first-order chi connectivity index (χ1) is 5.29. The molecular weight excluding hydrogens is 134 g/mol. The summed E-state index contributed by atoms with van der Waals surface area (Å²) < 4.78 is 0. The molecule has 1 nitrogen and oxygen atoms in total. The van der Waals surface area contributed by atoms with Gasteiger partial charge in [0.2, 0.25) is 0 Å². The maximum atomic E-state index is 4.41. The van der Waals surface area contributed by atoms with E-state index in [4.69, 9.17) is 0 Å². The number of fused-ring (bicyclic) bond motifs is 1. The summed E-state index contributed by atoms with van der Waals surface area (Å²) in [5, 5.41) is 2.40. The number of hydrogen-bond acceptors (Lipinski definition) is 1. The first-order valence-electron chi connectivity index (χ1n) is 3.77. The fourth-order valence-corrected chi connectivity index (χ4v) is 1.35. The molecule has 1 aromatic rings. The van der Waals surface area contributed by atoms with E-state index in [1.807, 2.05) is 6.07 Å². The Morgan fingerprint density at radius 1 is 1.09 bits per heavy atom. The molecule has 1 heteroatoms. The molecule has 0 bridgehead atoms. The third kappa shape index (κ3) is 0.881. The second-order valence-corrected chi connectivity index (χ2v) is 2.84. The molecule has 0 atom stereocenters. The van der Waals surface area contributed by atoms with E-state index >= 15 is 0 Å². The predicted octanol–water partition coefficient (Wildman–Crippen LogP) is 1.04. The van der Waals surface area contributed by atoms with Gasteiger partial charge in [-0.3, -0.25) is 4.99 Å². The minimum absolute atomic E-state index is 1.11. The van der Waals surface area contributed by atoms with Crippen LogP contribution in [0, 0.1) is 6.04 Å². The van der Waals surface area contributed by atoms with Gasteiger partial charge in [0.25, 0.3) is 0 Å². The Balaban J connectivity index is 2.89. The van der Waals surface area contributed by atoms with Crippen molar-refractivity contribution >= 4 is 5.57 Å². The molecule has 0 aromatic heterocycles. The van der Waals surface area contributed by atoms with Crippen LogP contribution in [0.1, 0.15) is 13.8 Å². The molecule has 0 amide bonds. The molecule has 0 aliphatic carbocycles. The van der Waals surface area contributed by atoms with Crippen molar-refractivity contribution in [2.24, 2.45) is 4.99 Å². The van der Waals surface area contributed by atoms with Crippen LogP contribution in [-0.2, 0) is 0 Å². The Kier molecular flexibility index (Phi) is 1.31. The largest absolute Gasteiger partial charge is 0.271 e. The molecule has 0 spiro atoms. The Morgan fingerprint density at radius 2 is 1.82 bits per heavy atom. The molecule has 2 rings (SSSR count). The van der Waals surface area contributed by atoms with Crippen molar-refractivity contribution in [3.63, 3.8) is 0 Å². The highest BCUT2D eigenvalue weighted by Gasteiger charge is 2.09. The average molecular weight is 144 g/mol. The summed E-state index contributed by atoms with van der Waals surface area (Å²) in [6.45, 7) is 4.17. The van der Waals surface area contributed by atoms with E-state index in [2.05, 4.69) is 37.0 Å². The normalized spacial score (nSPS) is 16.4. The SMILES string of the molecule is C[C]1N=c2ccccc2=C1C. The van der Waals surface area contributed by atoms with E-state index in [0.717, 1.165) is 11.4 Å². The fraction of sp³-hybridized carbons (Fsp3) is 0.200. The predicted molar refractivity (Wildman–Crippen MR) is 45.2 cm³/mol. The van der Waals surface area contributed by atoms with Crippen LogP contribution in [0.15, 0.2) is 29.3 Å². The van der Waals surface area contributed by atoms with Crippen molar-refractivity contribution in [1.82, 2.24) is 0 Å². The van der Waals surface area contributed by atoms with Gasteiger partial charge in [-0.05, 0) is 25.5 Å². The van der Waals surface area contributed by atoms with Crippen LogP contribution in [0.25, 0.3) is 5.57 Å². The van der Waals surface area contributed by atoms with E-state index in [-0.39, 0.29) is 0 Å². The van der Waals surface area contributed by atoms with Crippen LogP contribution < -0.4 is 10.6 Å². The molecule has 1 aliphatic heterocycles. The third-order valence-electron chi connectivity index (χ3n) is 2.14. The lowest BCUT2D eigenvalue weighted by Gasteiger charge is -1.95. The number of para-hydroxylation sites is 1. The van der Waals surface area contributed by atoms with Crippen LogP contribution in [0.4, 0.5) is 0 Å². The molecule has 1 aromatic carbocycles. The minimum atomic E-state index is 1.11. The minimum Gasteiger partial charge on any atom is -0.271 e. The van der Waals surface area contributed by atoms with E-state index < -0.39 is 0 Å². The maximum absolute atomic E-state index is 4.41. The molecule has 0 fully saturated rings. The smallest absolute Gasteiger partial charge is 0.109 e. The van der Waals surface area contributed by atoms with E-state index in [0.29, 0.717) is 0 Å². The maximum Gasteiger partial charge on any atom is 0.109 e. The molecule has 0 unspecified atom stereocenters. The van der Waals surface area contributed by atoms with Gasteiger partial charge in [0.15, 0.2) is 0 Å². The molecule has 0 N–H and O–H groups in total. The molecule has 55 valence electrons. The van der Waals surface area contributed by atoms with Gasteiger partial charge in [-0.15, -0.1) is 0 Å². The summed E-state index contributed by atoms with van der Waals surface area (Å²) in [6, 6.07) is 9.39. The van der Waals surface area contributed by atoms with Crippen LogP contribution in [-0.4, -0.2) is 0 Å². The number of nitrogens with zero attached hydrogens (tertiary/aromatic N) is 1. The zero-order chi connectivity index (χ0) is 7.84. The van der Waals surface area contributed by atoms with Crippen molar-refractivity contribution in [2.75, 3.05) is 0 Å². The van der Waals surface area contributed by atoms with Crippen LogP contribution in [0.5, 0.6) is 0 Å². The zero-order valence-corrected chi connectivity index (χ0v) is 6.76. The summed E-state index contributed by atoms with van der Waals surface area (Å²) in [5.74, 6) is 0. The molecule has 1 radical (unpaired) electrons. The third-order valence-corrected chi connectivity index (χ3v) is 2.14. The highest BCUT2D eigenvalue weighted by atomic mass is 14.8. The van der Waals surface area contributed by atoms with Crippen molar-refractivity contribution in [3.8, 4) is 0 Å². The Hall–Kier alpha value is -1.11. The standard InChI is InChI=1S/C10H10N/c1-7-8(2)11-10-6-4-3-5-9(7)10/h3-6H,1-2H3. The summed E-state index contributed by atoms with van der Waals surface area (Å²) >= 11 is 0. The lowest BCUT2D eigenvalue weighted by Crippen LogP contribution is -2.21. The monoisotopic (exact) mass is 144 g/mol. The van der Waals surface area contributed by atoms with Crippen LogP contribution >= 0.6 is 0 Å². The van der Waals surface area contributed by atoms with Crippen LogP contribution in [0.2, 0.25) is 0 Å². The quantitative estimate of drug-likeness (QED) is 0.516. The van der Waals surface area contributed by atoms with Gasteiger partial charge in [-0.2, -0.15) is 0 Å². The van der Waals surface area contributed by atoms with E-state index in [9.17, 15) is 0 Å². The van der Waals surface area contributed by atoms with Gasteiger partial charge in [-0.1, -0.05) is 18.2 Å². The summed E-state index contributed by atoms with van der Waals surface area (Å²) in [7, 11) is 0. The summed E-state index contributed by atoms with van der Waals surface area (Å²) in [5.41, 5.74) is 1.31. The average Bonchev–Trinajstić information content (AvgIpc) is 2.30. The van der Waals surface area contributed by atoms with Crippen LogP contribution in [0.3, 0.4) is 0 Å². The molecule has 0 saturated carbocycles. The van der Waals surface area contributed by atoms with Crippen molar-refractivity contribution in [2.45, 2.75) is 13.8 Å². The highest BCUT2D eigenvalue weighted by Crippen LogP contribution is 2.13. The second-order valence-electron chi connectivity index (χ2n) is 2.84.